The number of benzene rings is 2. The fraction of sp³-hybridized carbons (Fsp3) is 0.240. The number of amides is 2. The first-order valence-corrected chi connectivity index (χ1v) is 12.4. The summed E-state index contributed by atoms with van der Waals surface area (Å²) in [5, 5.41) is 15.5. The molecule has 36 heavy (non-hydrogen) atoms. The van der Waals surface area contributed by atoms with Gasteiger partial charge in [0, 0.05) is 16.1 Å². The van der Waals surface area contributed by atoms with Crippen molar-refractivity contribution in [2.24, 2.45) is 5.92 Å². The topological polar surface area (TPSA) is 135 Å². The molecule has 2 atom stereocenters. The molecule has 0 saturated heterocycles. The van der Waals surface area contributed by atoms with Crippen molar-refractivity contribution < 1.29 is 28.7 Å². The summed E-state index contributed by atoms with van der Waals surface area (Å²) in [4.78, 5) is 49.8. The maximum atomic E-state index is 12.9. The van der Waals surface area contributed by atoms with E-state index in [9.17, 15) is 24.4 Å². The van der Waals surface area contributed by atoms with Crippen LogP contribution in [-0.4, -0.2) is 43.7 Å². The molecule has 9 nitrogen and oxygen atoms in total. The Kier molecular flexibility index (Phi) is 8.90. The molecule has 0 fully saturated rings. The highest BCUT2D eigenvalue weighted by Gasteiger charge is 2.44. The molecule has 3 rings (SSSR count). The van der Waals surface area contributed by atoms with Crippen molar-refractivity contribution in [1.29, 1.82) is 5.26 Å². The number of rotatable bonds is 7. The summed E-state index contributed by atoms with van der Waals surface area (Å²) in [6.07, 6.45) is 0. The summed E-state index contributed by atoms with van der Waals surface area (Å²) in [5.41, 5.74) is 2.39. The number of anilines is 1. The van der Waals surface area contributed by atoms with E-state index in [1.165, 1.54) is 19.2 Å². The molecule has 2 amide bonds. The van der Waals surface area contributed by atoms with Crippen LogP contribution in [0.2, 0.25) is 0 Å². The number of hydrogen-bond acceptors (Lipinski definition) is 8. The second-order valence-corrected chi connectivity index (χ2v) is 9.58. The fourth-order valence-corrected chi connectivity index (χ4v) is 4.78. The van der Waals surface area contributed by atoms with Crippen LogP contribution >= 0.6 is 27.7 Å². The SMILES string of the molecule is COC(=O)c1ccc([C@H]2C(C#N)=C(SCC(=O)Nc3ccc(Br)c(C)c3)NC(=O)[C@H]2C(=O)OC)cc1. The van der Waals surface area contributed by atoms with Gasteiger partial charge in [-0.25, -0.2) is 4.79 Å². The zero-order chi connectivity index (χ0) is 26.4. The van der Waals surface area contributed by atoms with Crippen molar-refractivity contribution >= 4 is 57.1 Å². The highest BCUT2D eigenvalue weighted by atomic mass is 79.9. The lowest BCUT2D eigenvalue weighted by Crippen LogP contribution is -2.44. The Bertz CT molecular complexity index is 1290. The number of nitriles is 1. The van der Waals surface area contributed by atoms with Crippen LogP contribution in [0.3, 0.4) is 0 Å². The van der Waals surface area contributed by atoms with Gasteiger partial charge in [0.25, 0.3) is 0 Å². The lowest BCUT2D eigenvalue weighted by atomic mass is 9.78. The second kappa shape index (κ2) is 11.9. The summed E-state index contributed by atoms with van der Waals surface area (Å²) in [6, 6.07) is 13.5. The summed E-state index contributed by atoms with van der Waals surface area (Å²) in [7, 11) is 2.41. The molecule has 0 saturated carbocycles. The Morgan fingerprint density at radius 3 is 2.42 bits per heavy atom. The van der Waals surface area contributed by atoms with E-state index in [-0.39, 0.29) is 27.8 Å². The van der Waals surface area contributed by atoms with E-state index in [1.54, 1.807) is 18.2 Å². The molecule has 2 aromatic rings. The smallest absolute Gasteiger partial charge is 0.337 e. The molecule has 2 aromatic carbocycles. The van der Waals surface area contributed by atoms with Crippen molar-refractivity contribution in [3.63, 3.8) is 0 Å². The number of allylic oxidation sites excluding steroid dienone is 1. The van der Waals surface area contributed by atoms with Gasteiger partial charge < -0.3 is 20.1 Å². The van der Waals surface area contributed by atoms with Crippen LogP contribution in [0.4, 0.5) is 5.69 Å². The van der Waals surface area contributed by atoms with E-state index in [0.717, 1.165) is 28.9 Å². The number of nitrogens with one attached hydrogen (secondary N) is 2. The molecular formula is C25H22BrN3O6S. The second-order valence-electron chi connectivity index (χ2n) is 7.74. The number of aryl methyl sites for hydroxylation is 1. The van der Waals surface area contributed by atoms with Gasteiger partial charge in [-0.15, -0.1) is 0 Å². The molecule has 2 N–H and O–H groups in total. The number of carbonyl (C=O) groups excluding carboxylic acids is 4. The number of halogens is 1. The molecule has 11 heteroatoms. The van der Waals surface area contributed by atoms with Crippen LogP contribution < -0.4 is 10.6 Å². The number of esters is 2. The van der Waals surface area contributed by atoms with Gasteiger partial charge in [0.05, 0.1) is 42.2 Å². The quantitative estimate of drug-likeness (QED) is 0.379. The van der Waals surface area contributed by atoms with E-state index in [2.05, 4.69) is 32.6 Å². The average Bonchev–Trinajstić information content (AvgIpc) is 2.88. The Labute approximate surface area is 220 Å². The number of hydrogen-bond donors (Lipinski definition) is 2. The van der Waals surface area contributed by atoms with E-state index in [4.69, 9.17) is 9.47 Å². The van der Waals surface area contributed by atoms with Gasteiger partial charge in [-0.1, -0.05) is 39.8 Å². The van der Waals surface area contributed by atoms with Gasteiger partial charge in [0.2, 0.25) is 11.8 Å². The number of thioether (sulfide) groups is 1. The van der Waals surface area contributed by atoms with E-state index < -0.39 is 29.7 Å². The minimum Gasteiger partial charge on any atom is -0.468 e. The van der Waals surface area contributed by atoms with Crippen molar-refractivity contribution in [2.75, 3.05) is 25.3 Å². The van der Waals surface area contributed by atoms with Crippen LogP contribution in [-0.2, 0) is 23.9 Å². The molecule has 0 bridgehead atoms. The van der Waals surface area contributed by atoms with Crippen molar-refractivity contribution in [3.05, 3.63) is 74.2 Å². The lowest BCUT2D eigenvalue weighted by molar-refractivity contribution is -0.150. The molecule has 0 radical (unpaired) electrons. The van der Waals surface area contributed by atoms with Crippen molar-refractivity contribution in [1.82, 2.24) is 5.32 Å². The van der Waals surface area contributed by atoms with Crippen LogP contribution in [0.1, 0.15) is 27.4 Å². The van der Waals surface area contributed by atoms with Gasteiger partial charge in [-0.2, -0.15) is 5.26 Å². The van der Waals surface area contributed by atoms with E-state index in [1.807, 2.05) is 19.1 Å². The normalized spacial score (nSPS) is 17.0. The van der Waals surface area contributed by atoms with Gasteiger partial charge in [0.1, 0.15) is 5.92 Å². The van der Waals surface area contributed by atoms with Crippen LogP contribution in [0, 0.1) is 24.2 Å². The molecule has 1 heterocycles. The molecule has 0 spiro atoms. The molecule has 1 aliphatic heterocycles. The molecule has 0 unspecified atom stereocenters. The maximum absolute atomic E-state index is 12.9. The highest BCUT2D eigenvalue weighted by molar-refractivity contribution is 9.10. The Hall–Kier alpha value is -3.62. The monoisotopic (exact) mass is 571 g/mol. The van der Waals surface area contributed by atoms with Crippen LogP contribution in [0.15, 0.2) is 57.5 Å². The summed E-state index contributed by atoms with van der Waals surface area (Å²) in [5.74, 6) is -4.74. The van der Waals surface area contributed by atoms with E-state index in [0.29, 0.717) is 11.3 Å². The Balaban J connectivity index is 1.90. The first kappa shape index (κ1) is 27.0. The maximum Gasteiger partial charge on any atom is 0.337 e. The third kappa shape index (κ3) is 5.95. The number of ether oxygens (including phenoxy) is 2. The third-order valence-electron chi connectivity index (χ3n) is 5.46. The predicted octanol–water partition coefficient (Wildman–Crippen LogP) is 3.65. The summed E-state index contributed by atoms with van der Waals surface area (Å²) in [6.45, 7) is 1.89. The van der Waals surface area contributed by atoms with Gasteiger partial charge in [-0.05, 0) is 48.4 Å². The summed E-state index contributed by atoms with van der Waals surface area (Å²) < 4.78 is 10.4. The predicted molar refractivity (Wildman–Crippen MR) is 137 cm³/mol. The third-order valence-corrected chi connectivity index (χ3v) is 7.37. The minimum atomic E-state index is -1.32. The zero-order valence-corrected chi connectivity index (χ0v) is 22.0. The standard InChI is InChI=1S/C25H22BrN3O6S/c1-13-10-16(8-9-18(13)26)28-19(30)12-36-23-17(11-27)20(21(22(31)29-23)25(33)35-3)14-4-6-15(7-5-14)24(32)34-2/h4-10,20-21H,12H2,1-3H3,(H,28,30)(H,29,31)/t20-,21-/m0/s1. The highest BCUT2D eigenvalue weighted by Crippen LogP contribution is 2.40. The van der Waals surface area contributed by atoms with Gasteiger partial charge in [0.15, 0.2) is 0 Å². The van der Waals surface area contributed by atoms with Crippen LogP contribution in [0.5, 0.6) is 0 Å². The number of methoxy groups -OCH3 is 2. The Morgan fingerprint density at radius 2 is 1.83 bits per heavy atom. The zero-order valence-electron chi connectivity index (χ0n) is 19.6. The number of carbonyl (C=O) groups is 4. The largest absolute Gasteiger partial charge is 0.468 e. The molecule has 1 aliphatic rings. The lowest BCUT2D eigenvalue weighted by Gasteiger charge is -2.31. The molecule has 0 aromatic heterocycles. The first-order valence-electron chi connectivity index (χ1n) is 10.6. The van der Waals surface area contributed by atoms with Crippen molar-refractivity contribution in [2.45, 2.75) is 12.8 Å². The fourth-order valence-electron chi connectivity index (χ4n) is 3.68. The number of nitrogens with zero attached hydrogens (tertiary/aromatic N) is 1. The summed E-state index contributed by atoms with van der Waals surface area (Å²) >= 11 is 4.39. The Morgan fingerprint density at radius 1 is 1.14 bits per heavy atom. The van der Waals surface area contributed by atoms with E-state index >= 15 is 0 Å². The molecular weight excluding hydrogens is 550 g/mol. The van der Waals surface area contributed by atoms with Crippen molar-refractivity contribution in [3.8, 4) is 6.07 Å². The molecule has 0 aliphatic carbocycles. The minimum absolute atomic E-state index is 0.0905. The first-order chi connectivity index (χ1) is 17.2. The van der Waals surface area contributed by atoms with Crippen LogP contribution in [0.25, 0.3) is 0 Å². The molecule has 186 valence electrons. The average molecular weight is 572 g/mol. The van der Waals surface area contributed by atoms with Gasteiger partial charge in [-0.3, -0.25) is 14.4 Å². The van der Waals surface area contributed by atoms with Gasteiger partial charge >= 0.3 is 11.9 Å².